The van der Waals surface area contributed by atoms with Crippen LogP contribution < -0.4 is 5.32 Å². The Morgan fingerprint density at radius 1 is 1.71 bits per heavy atom. The van der Waals surface area contributed by atoms with Crippen LogP contribution in [-0.4, -0.2) is 18.6 Å². The van der Waals surface area contributed by atoms with E-state index in [-0.39, 0.29) is 12.0 Å². The quantitative estimate of drug-likeness (QED) is 0.781. The number of hydrogen-bond acceptors (Lipinski definition) is 4. The van der Waals surface area contributed by atoms with Gasteiger partial charge < -0.3 is 10.1 Å². The van der Waals surface area contributed by atoms with E-state index in [9.17, 15) is 4.79 Å². The van der Waals surface area contributed by atoms with E-state index < -0.39 is 0 Å². The Morgan fingerprint density at radius 3 is 2.93 bits per heavy atom. The van der Waals surface area contributed by atoms with Gasteiger partial charge in [-0.25, -0.2) is 4.79 Å². The predicted octanol–water partition coefficient (Wildman–Crippen LogP) is 2.42. The second kappa shape index (κ2) is 5.00. The van der Waals surface area contributed by atoms with E-state index in [4.69, 9.17) is 4.74 Å². The van der Waals surface area contributed by atoms with E-state index in [2.05, 4.69) is 5.32 Å². The molecule has 0 spiro atoms. The van der Waals surface area contributed by atoms with Crippen molar-refractivity contribution in [2.24, 2.45) is 0 Å². The Kier molecular flexibility index (Phi) is 3.95. The first-order chi connectivity index (χ1) is 6.63. The molecule has 78 valence electrons. The number of ether oxygens (including phenoxy) is 1. The van der Waals surface area contributed by atoms with E-state index in [0.29, 0.717) is 6.61 Å². The lowest BCUT2D eigenvalue weighted by Crippen LogP contribution is -2.27. The van der Waals surface area contributed by atoms with Gasteiger partial charge in [0.25, 0.3) is 0 Å². The Balaban J connectivity index is 2.48. The van der Waals surface area contributed by atoms with Crippen LogP contribution in [0.1, 0.15) is 19.4 Å². The number of esters is 1. The summed E-state index contributed by atoms with van der Waals surface area (Å²) in [6.45, 7) is 6.05. The molecule has 1 aromatic rings. The molecule has 0 bridgehead atoms. The Labute approximate surface area is 88.1 Å². The molecule has 0 aromatic carbocycles. The molecule has 0 radical (unpaired) electrons. The normalized spacial score (nSPS) is 12.2. The maximum Gasteiger partial charge on any atom is 0.328 e. The fraction of sp³-hybridized carbons (Fsp3) is 0.500. The summed E-state index contributed by atoms with van der Waals surface area (Å²) in [5.41, 5.74) is 1.20. The maximum atomic E-state index is 11.3. The number of carbonyl (C=O) groups excluding carboxylic acids is 1. The molecule has 0 amide bonds. The fourth-order valence-electron chi connectivity index (χ4n) is 1.05. The fourth-order valence-corrected chi connectivity index (χ4v) is 1.93. The second-order valence-corrected chi connectivity index (χ2v) is 4.02. The summed E-state index contributed by atoms with van der Waals surface area (Å²) in [5.74, 6) is -0.210. The van der Waals surface area contributed by atoms with Gasteiger partial charge in [0, 0.05) is 0 Å². The topological polar surface area (TPSA) is 38.3 Å². The number of anilines is 1. The van der Waals surface area contributed by atoms with Gasteiger partial charge in [0.1, 0.15) is 6.04 Å². The van der Waals surface area contributed by atoms with Crippen molar-refractivity contribution >= 4 is 22.3 Å². The molecular weight excluding hydrogens is 198 g/mol. The van der Waals surface area contributed by atoms with Crippen LogP contribution in [0, 0.1) is 6.92 Å². The average molecular weight is 213 g/mol. The molecule has 1 heterocycles. The van der Waals surface area contributed by atoms with Crippen molar-refractivity contribution in [3.63, 3.8) is 0 Å². The standard InChI is InChI=1S/C10H15NO2S/c1-4-13-10(12)8(3)11-9-5-7(2)6-14-9/h5-6,8,11H,4H2,1-3H3/t8-/m0/s1. The van der Waals surface area contributed by atoms with E-state index in [1.807, 2.05) is 18.4 Å². The molecule has 0 aliphatic carbocycles. The Hall–Kier alpha value is -1.03. The molecule has 3 nitrogen and oxygen atoms in total. The molecule has 0 aliphatic heterocycles. The third-order valence-corrected chi connectivity index (χ3v) is 2.71. The van der Waals surface area contributed by atoms with Crippen LogP contribution in [0.5, 0.6) is 0 Å². The number of rotatable bonds is 4. The van der Waals surface area contributed by atoms with Crippen LogP contribution >= 0.6 is 11.3 Å². The van der Waals surface area contributed by atoms with Gasteiger partial charge in [-0.15, -0.1) is 11.3 Å². The van der Waals surface area contributed by atoms with Gasteiger partial charge in [0.05, 0.1) is 11.6 Å². The summed E-state index contributed by atoms with van der Waals surface area (Å²) in [4.78, 5) is 11.3. The summed E-state index contributed by atoms with van der Waals surface area (Å²) in [7, 11) is 0. The van der Waals surface area contributed by atoms with Crippen LogP contribution in [0.15, 0.2) is 11.4 Å². The van der Waals surface area contributed by atoms with Crippen molar-refractivity contribution in [1.82, 2.24) is 0 Å². The summed E-state index contributed by atoms with van der Waals surface area (Å²) in [6.07, 6.45) is 0. The molecule has 1 N–H and O–H groups in total. The lowest BCUT2D eigenvalue weighted by Gasteiger charge is -2.11. The van der Waals surface area contributed by atoms with Crippen LogP contribution in [0.2, 0.25) is 0 Å². The number of aryl methyl sites for hydroxylation is 1. The summed E-state index contributed by atoms with van der Waals surface area (Å²) >= 11 is 1.59. The Morgan fingerprint density at radius 2 is 2.43 bits per heavy atom. The van der Waals surface area contributed by atoms with Gasteiger partial charge >= 0.3 is 5.97 Å². The van der Waals surface area contributed by atoms with Gasteiger partial charge in [0.2, 0.25) is 0 Å². The highest BCUT2D eigenvalue weighted by atomic mass is 32.1. The number of thiophene rings is 1. The molecule has 0 saturated carbocycles. The summed E-state index contributed by atoms with van der Waals surface area (Å²) in [5, 5.41) is 6.14. The van der Waals surface area contributed by atoms with Crippen molar-refractivity contribution in [2.75, 3.05) is 11.9 Å². The molecule has 14 heavy (non-hydrogen) atoms. The molecule has 0 fully saturated rings. The van der Waals surface area contributed by atoms with E-state index in [1.165, 1.54) is 5.56 Å². The minimum Gasteiger partial charge on any atom is -0.464 e. The molecule has 1 atom stereocenters. The SMILES string of the molecule is CCOC(=O)[C@H](C)Nc1cc(C)cs1. The highest BCUT2D eigenvalue weighted by Crippen LogP contribution is 2.20. The molecule has 1 aromatic heterocycles. The zero-order valence-corrected chi connectivity index (χ0v) is 9.48. The smallest absolute Gasteiger partial charge is 0.328 e. The summed E-state index contributed by atoms with van der Waals surface area (Å²) in [6, 6.07) is 1.73. The van der Waals surface area contributed by atoms with E-state index in [1.54, 1.807) is 25.2 Å². The Bertz CT molecular complexity index is 309. The first-order valence-electron chi connectivity index (χ1n) is 4.61. The largest absolute Gasteiger partial charge is 0.464 e. The minimum absolute atomic E-state index is 0.210. The first kappa shape index (κ1) is 11.0. The van der Waals surface area contributed by atoms with E-state index >= 15 is 0 Å². The van der Waals surface area contributed by atoms with Crippen molar-refractivity contribution < 1.29 is 9.53 Å². The zero-order chi connectivity index (χ0) is 10.6. The van der Waals surface area contributed by atoms with Crippen LogP contribution in [0.3, 0.4) is 0 Å². The number of carbonyl (C=O) groups is 1. The van der Waals surface area contributed by atoms with Crippen molar-refractivity contribution in [3.05, 3.63) is 17.0 Å². The van der Waals surface area contributed by atoms with Crippen LogP contribution in [-0.2, 0) is 9.53 Å². The van der Waals surface area contributed by atoms with Gasteiger partial charge in [-0.2, -0.15) is 0 Å². The maximum absolute atomic E-state index is 11.3. The first-order valence-corrected chi connectivity index (χ1v) is 5.49. The van der Waals surface area contributed by atoms with E-state index in [0.717, 1.165) is 5.00 Å². The minimum atomic E-state index is -0.284. The number of nitrogens with one attached hydrogen (secondary N) is 1. The van der Waals surface area contributed by atoms with Crippen molar-refractivity contribution in [2.45, 2.75) is 26.8 Å². The highest BCUT2D eigenvalue weighted by molar-refractivity contribution is 7.14. The van der Waals surface area contributed by atoms with Gasteiger partial charge in [0.15, 0.2) is 0 Å². The second-order valence-electron chi connectivity index (χ2n) is 3.11. The summed E-state index contributed by atoms with van der Waals surface area (Å²) < 4.78 is 4.89. The molecular formula is C10H15NO2S. The van der Waals surface area contributed by atoms with Crippen molar-refractivity contribution in [1.29, 1.82) is 0 Å². The van der Waals surface area contributed by atoms with Gasteiger partial charge in [-0.1, -0.05) is 0 Å². The molecule has 0 saturated heterocycles. The third-order valence-electron chi connectivity index (χ3n) is 1.73. The highest BCUT2D eigenvalue weighted by Gasteiger charge is 2.13. The zero-order valence-electron chi connectivity index (χ0n) is 8.66. The van der Waals surface area contributed by atoms with Gasteiger partial charge in [-0.05, 0) is 37.8 Å². The molecule has 4 heteroatoms. The average Bonchev–Trinajstić information content (AvgIpc) is 2.51. The molecule has 0 aliphatic rings. The lowest BCUT2D eigenvalue weighted by atomic mass is 10.3. The van der Waals surface area contributed by atoms with Crippen LogP contribution in [0.4, 0.5) is 5.00 Å². The van der Waals surface area contributed by atoms with Crippen molar-refractivity contribution in [3.8, 4) is 0 Å². The third kappa shape index (κ3) is 3.03. The monoisotopic (exact) mass is 213 g/mol. The molecule has 0 unspecified atom stereocenters. The predicted molar refractivity (Wildman–Crippen MR) is 58.8 cm³/mol. The lowest BCUT2D eigenvalue weighted by molar-refractivity contribution is -0.143. The molecule has 1 rings (SSSR count). The number of hydrogen-bond donors (Lipinski definition) is 1. The van der Waals surface area contributed by atoms with Crippen LogP contribution in [0.25, 0.3) is 0 Å². The van der Waals surface area contributed by atoms with Gasteiger partial charge in [-0.3, -0.25) is 0 Å².